The van der Waals surface area contributed by atoms with Gasteiger partial charge in [-0.1, -0.05) is 22.9 Å². The number of aryl methyl sites for hydroxylation is 1. The summed E-state index contributed by atoms with van der Waals surface area (Å²) in [5, 5.41) is 8.91. The Labute approximate surface area is 155 Å². The summed E-state index contributed by atoms with van der Waals surface area (Å²) in [4.78, 5) is 25.3. The molecule has 1 amide bonds. The van der Waals surface area contributed by atoms with E-state index in [0.717, 1.165) is 11.5 Å². The van der Waals surface area contributed by atoms with Gasteiger partial charge in [-0.05, 0) is 25.1 Å². The third kappa shape index (κ3) is 2.96. The zero-order valence-electron chi connectivity index (χ0n) is 14.3. The number of piperazine rings is 1. The molecule has 8 nitrogen and oxygen atoms in total. The van der Waals surface area contributed by atoms with Gasteiger partial charge in [-0.3, -0.25) is 4.79 Å². The average Bonchev–Trinajstić information content (AvgIpc) is 3.11. The first-order chi connectivity index (χ1) is 12.7. The predicted octanol–water partition coefficient (Wildman–Crippen LogP) is 1.86. The van der Waals surface area contributed by atoms with Crippen molar-refractivity contribution in [3.8, 4) is 0 Å². The third-order valence-corrected chi connectivity index (χ3v) is 4.75. The van der Waals surface area contributed by atoms with E-state index in [-0.39, 0.29) is 5.91 Å². The molecule has 4 rings (SSSR count). The van der Waals surface area contributed by atoms with Crippen LogP contribution in [-0.4, -0.2) is 61.9 Å². The van der Waals surface area contributed by atoms with Crippen LogP contribution in [-0.2, 0) is 6.54 Å². The van der Waals surface area contributed by atoms with Crippen LogP contribution in [0, 0.1) is 0 Å². The second-order valence-corrected chi connectivity index (χ2v) is 6.50. The first-order valence-corrected chi connectivity index (χ1v) is 8.89. The van der Waals surface area contributed by atoms with Gasteiger partial charge >= 0.3 is 0 Å². The van der Waals surface area contributed by atoms with Crippen molar-refractivity contribution in [1.29, 1.82) is 0 Å². The Bertz CT molecular complexity index is 949. The molecule has 1 aromatic carbocycles. The van der Waals surface area contributed by atoms with Gasteiger partial charge in [-0.25, -0.2) is 14.6 Å². The molecule has 3 heterocycles. The molecule has 1 saturated heterocycles. The van der Waals surface area contributed by atoms with Crippen LogP contribution in [0.5, 0.6) is 0 Å². The Morgan fingerprint density at radius 1 is 1.19 bits per heavy atom. The molecule has 0 atom stereocenters. The Morgan fingerprint density at radius 3 is 2.73 bits per heavy atom. The van der Waals surface area contributed by atoms with Gasteiger partial charge in [0.2, 0.25) is 0 Å². The first kappa shape index (κ1) is 16.7. The molecule has 1 aliphatic rings. The minimum Gasteiger partial charge on any atom is -0.351 e. The number of carbonyl (C=O) groups is 1. The Balaban J connectivity index is 1.50. The van der Waals surface area contributed by atoms with Gasteiger partial charge in [0.15, 0.2) is 17.0 Å². The molecule has 0 spiro atoms. The molecule has 26 heavy (non-hydrogen) atoms. The van der Waals surface area contributed by atoms with E-state index >= 15 is 0 Å². The zero-order valence-corrected chi connectivity index (χ0v) is 15.1. The molecule has 0 N–H and O–H groups in total. The molecule has 0 saturated carbocycles. The number of halogens is 1. The van der Waals surface area contributed by atoms with Crippen molar-refractivity contribution in [1.82, 2.24) is 29.9 Å². The van der Waals surface area contributed by atoms with Gasteiger partial charge in [0.25, 0.3) is 5.91 Å². The molecule has 1 aliphatic heterocycles. The number of amides is 1. The van der Waals surface area contributed by atoms with Crippen LogP contribution < -0.4 is 4.90 Å². The number of hydrogen-bond donors (Lipinski definition) is 0. The van der Waals surface area contributed by atoms with Crippen molar-refractivity contribution in [2.45, 2.75) is 13.5 Å². The topological polar surface area (TPSA) is 80.0 Å². The van der Waals surface area contributed by atoms with Gasteiger partial charge < -0.3 is 9.80 Å². The molecule has 2 aromatic heterocycles. The van der Waals surface area contributed by atoms with Gasteiger partial charge in [-0.2, -0.15) is 0 Å². The maximum Gasteiger partial charge on any atom is 0.254 e. The standard InChI is InChI=1S/C17H18ClN7O/c1-2-25-16-14(21-22-25)15(19-11-20-16)23-6-8-24(9-7-23)17(26)12-4-3-5-13(18)10-12/h3-5,10-11H,2,6-9H2,1H3. The fourth-order valence-electron chi connectivity index (χ4n) is 3.15. The minimum atomic E-state index is -0.00286. The normalized spacial score (nSPS) is 14.8. The van der Waals surface area contributed by atoms with Crippen LogP contribution in [0.2, 0.25) is 5.02 Å². The summed E-state index contributed by atoms with van der Waals surface area (Å²) in [6.07, 6.45) is 1.54. The second kappa shape index (κ2) is 6.87. The number of hydrogen-bond acceptors (Lipinski definition) is 6. The maximum atomic E-state index is 12.6. The number of fused-ring (bicyclic) bond motifs is 1. The number of aromatic nitrogens is 5. The number of nitrogens with zero attached hydrogens (tertiary/aromatic N) is 7. The van der Waals surface area contributed by atoms with E-state index < -0.39 is 0 Å². The van der Waals surface area contributed by atoms with Gasteiger partial charge in [0, 0.05) is 43.3 Å². The zero-order chi connectivity index (χ0) is 18.1. The molecule has 3 aromatic rings. The summed E-state index contributed by atoms with van der Waals surface area (Å²) in [7, 11) is 0. The third-order valence-electron chi connectivity index (χ3n) is 4.52. The number of anilines is 1. The fourth-order valence-corrected chi connectivity index (χ4v) is 3.34. The van der Waals surface area contributed by atoms with Gasteiger partial charge in [-0.15, -0.1) is 5.10 Å². The summed E-state index contributed by atoms with van der Waals surface area (Å²) >= 11 is 5.99. The molecule has 0 unspecified atom stereocenters. The minimum absolute atomic E-state index is 0.00286. The summed E-state index contributed by atoms with van der Waals surface area (Å²) in [6.45, 7) is 5.28. The molecule has 134 valence electrons. The van der Waals surface area contributed by atoms with Gasteiger partial charge in [0.05, 0.1) is 0 Å². The highest BCUT2D eigenvalue weighted by molar-refractivity contribution is 6.30. The van der Waals surface area contributed by atoms with Crippen molar-refractivity contribution in [2.75, 3.05) is 31.1 Å². The molecule has 0 bridgehead atoms. The van der Waals surface area contributed by atoms with E-state index in [4.69, 9.17) is 11.6 Å². The highest BCUT2D eigenvalue weighted by Crippen LogP contribution is 2.22. The Morgan fingerprint density at radius 2 is 2.00 bits per heavy atom. The first-order valence-electron chi connectivity index (χ1n) is 8.51. The van der Waals surface area contributed by atoms with Crippen LogP contribution in [0.15, 0.2) is 30.6 Å². The smallest absolute Gasteiger partial charge is 0.254 e. The van der Waals surface area contributed by atoms with E-state index in [2.05, 4.69) is 25.2 Å². The summed E-state index contributed by atoms with van der Waals surface area (Å²) in [5.41, 5.74) is 2.04. The number of rotatable bonds is 3. The fraction of sp³-hybridized carbons (Fsp3) is 0.353. The van der Waals surface area contributed by atoms with Crippen LogP contribution in [0.3, 0.4) is 0 Å². The van der Waals surface area contributed by atoms with Crippen molar-refractivity contribution in [3.63, 3.8) is 0 Å². The lowest BCUT2D eigenvalue weighted by atomic mass is 10.2. The molecule has 0 radical (unpaired) electrons. The van der Waals surface area contributed by atoms with Crippen LogP contribution >= 0.6 is 11.6 Å². The molecule has 1 fully saturated rings. The Hall–Kier alpha value is -2.74. The van der Waals surface area contributed by atoms with Crippen LogP contribution in [0.4, 0.5) is 5.82 Å². The number of benzene rings is 1. The van der Waals surface area contributed by atoms with Crippen LogP contribution in [0.25, 0.3) is 11.2 Å². The van der Waals surface area contributed by atoms with E-state index in [0.29, 0.717) is 48.8 Å². The predicted molar refractivity (Wildman–Crippen MR) is 98.4 cm³/mol. The van der Waals surface area contributed by atoms with E-state index in [1.54, 1.807) is 28.9 Å². The summed E-state index contributed by atoms with van der Waals surface area (Å²) < 4.78 is 1.75. The largest absolute Gasteiger partial charge is 0.351 e. The van der Waals surface area contributed by atoms with E-state index in [1.807, 2.05) is 11.8 Å². The molecular weight excluding hydrogens is 354 g/mol. The van der Waals surface area contributed by atoms with Crippen molar-refractivity contribution in [3.05, 3.63) is 41.2 Å². The lowest BCUT2D eigenvalue weighted by Crippen LogP contribution is -2.49. The van der Waals surface area contributed by atoms with Crippen molar-refractivity contribution >= 4 is 34.5 Å². The highest BCUT2D eigenvalue weighted by atomic mass is 35.5. The van der Waals surface area contributed by atoms with Crippen molar-refractivity contribution < 1.29 is 4.79 Å². The molecule has 9 heteroatoms. The monoisotopic (exact) mass is 371 g/mol. The lowest BCUT2D eigenvalue weighted by Gasteiger charge is -2.35. The van der Waals surface area contributed by atoms with Gasteiger partial charge in [0.1, 0.15) is 6.33 Å². The Kier molecular flexibility index (Phi) is 4.42. The lowest BCUT2D eigenvalue weighted by molar-refractivity contribution is 0.0746. The van der Waals surface area contributed by atoms with E-state index in [1.165, 1.54) is 6.33 Å². The molecule has 0 aliphatic carbocycles. The summed E-state index contributed by atoms with van der Waals surface area (Å²) in [5.74, 6) is 0.765. The molecular formula is C17H18ClN7O. The van der Waals surface area contributed by atoms with E-state index in [9.17, 15) is 4.79 Å². The quantitative estimate of drug-likeness (QED) is 0.699. The number of carbonyl (C=O) groups excluding carboxylic acids is 1. The highest BCUT2D eigenvalue weighted by Gasteiger charge is 2.25. The summed E-state index contributed by atoms with van der Waals surface area (Å²) in [6, 6.07) is 7.05. The second-order valence-electron chi connectivity index (χ2n) is 6.06. The maximum absolute atomic E-state index is 12.6. The SMILES string of the molecule is CCn1nnc2c(N3CCN(C(=O)c4cccc(Cl)c4)CC3)ncnc21. The average molecular weight is 372 g/mol. The van der Waals surface area contributed by atoms with Crippen molar-refractivity contribution in [2.24, 2.45) is 0 Å². The van der Waals surface area contributed by atoms with Crippen LogP contribution in [0.1, 0.15) is 17.3 Å².